The molecule has 0 spiro atoms. The Balaban J connectivity index is 1.67. The summed E-state index contributed by atoms with van der Waals surface area (Å²) in [6.45, 7) is 3.26. The highest BCUT2D eigenvalue weighted by molar-refractivity contribution is 7.13. The lowest BCUT2D eigenvalue weighted by atomic mass is 10.1. The summed E-state index contributed by atoms with van der Waals surface area (Å²) in [5.74, 6) is 0.238. The Bertz CT molecular complexity index is 714. The summed E-state index contributed by atoms with van der Waals surface area (Å²) in [5, 5.41) is 13.2. The fourth-order valence-electron chi connectivity index (χ4n) is 2.98. The molecule has 1 aliphatic heterocycles. The third kappa shape index (κ3) is 3.38. The summed E-state index contributed by atoms with van der Waals surface area (Å²) in [6.07, 6.45) is 1.96. The van der Waals surface area contributed by atoms with E-state index in [4.69, 9.17) is 0 Å². The highest BCUT2D eigenvalue weighted by Gasteiger charge is 2.27. The molecular formula is C17H21N3O2S. The van der Waals surface area contributed by atoms with Gasteiger partial charge in [0, 0.05) is 12.1 Å². The van der Waals surface area contributed by atoms with E-state index in [9.17, 15) is 9.90 Å². The minimum atomic E-state index is -0.0451. The number of hydrogen-bond donors (Lipinski definition) is 2. The number of carbonyl (C=O) groups excluding carboxylic acids is 1. The second kappa shape index (κ2) is 6.68. The molecule has 23 heavy (non-hydrogen) atoms. The number of nitrogens with zero attached hydrogens (tertiary/aromatic N) is 2. The molecule has 1 aromatic carbocycles. The molecule has 1 unspecified atom stereocenters. The fraction of sp³-hybridized carbons (Fsp3) is 0.412. The summed E-state index contributed by atoms with van der Waals surface area (Å²) < 4.78 is 0. The van der Waals surface area contributed by atoms with Gasteiger partial charge in [-0.25, -0.2) is 4.98 Å². The number of aromatic hydroxyl groups is 1. The molecule has 1 atom stereocenters. The summed E-state index contributed by atoms with van der Waals surface area (Å²) in [6, 6.07) is 5.52. The van der Waals surface area contributed by atoms with Crippen molar-refractivity contribution in [2.75, 3.05) is 13.6 Å². The SMILES string of the molecule is Cc1ncsc1-c1ccc(CNC(=O)C2CCCN2C)c(O)c1. The molecule has 3 rings (SSSR count). The first-order valence-corrected chi connectivity index (χ1v) is 8.64. The zero-order valence-electron chi connectivity index (χ0n) is 13.4. The number of aryl methyl sites for hydroxylation is 1. The molecule has 2 N–H and O–H groups in total. The van der Waals surface area contributed by atoms with Crippen LogP contribution in [0.1, 0.15) is 24.1 Å². The summed E-state index contributed by atoms with van der Waals surface area (Å²) in [4.78, 5) is 19.6. The van der Waals surface area contributed by atoms with Crippen molar-refractivity contribution >= 4 is 17.2 Å². The van der Waals surface area contributed by atoms with Crippen LogP contribution >= 0.6 is 11.3 Å². The number of carbonyl (C=O) groups is 1. The van der Waals surface area contributed by atoms with Gasteiger partial charge in [0.25, 0.3) is 0 Å². The van der Waals surface area contributed by atoms with Crippen LogP contribution in [0.2, 0.25) is 0 Å². The van der Waals surface area contributed by atoms with Gasteiger partial charge in [0.2, 0.25) is 5.91 Å². The van der Waals surface area contributed by atoms with Crippen LogP contribution in [0, 0.1) is 6.92 Å². The molecule has 0 aliphatic carbocycles. The molecular weight excluding hydrogens is 310 g/mol. The molecule has 2 aromatic rings. The maximum atomic E-state index is 12.2. The number of phenolic OH excluding ortho intramolecular Hbond substituents is 1. The molecule has 0 radical (unpaired) electrons. The summed E-state index contributed by atoms with van der Waals surface area (Å²) in [5.41, 5.74) is 4.44. The van der Waals surface area contributed by atoms with Crippen molar-refractivity contribution in [2.24, 2.45) is 0 Å². The molecule has 0 saturated carbocycles. The van der Waals surface area contributed by atoms with Crippen molar-refractivity contribution in [3.05, 3.63) is 35.0 Å². The van der Waals surface area contributed by atoms with E-state index in [1.807, 2.05) is 26.1 Å². The van der Waals surface area contributed by atoms with Gasteiger partial charge in [-0.15, -0.1) is 11.3 Å². The van der Waals surface area contributed by atoms with Crippen LogP contribution in [0.15, 0.2) is 23.7 Å². The lowest BCUT2D eigenvalue weighted by Crippen LogP contribution is -2.41. The van der Waals surface area contributed by atoms with Crippen molar-refractivity contribution in [1.29, 1.82) is 0 Å². The third-order valence-corrected chi connectivity index (χ3v) is 5.35. The second-order valence-electron chi connectivity index (χ2n) is 5.97. The highest BCUT2D eigenvalue weighted by atomic mass is 32.1. The molecule has 1 amide bonds. The number of hydrogen-bond acceptors (Lipinski definition) is 5. The Morgan fingerprint density at radius 3 is 2.96 bits per heavy atom. The van der Waals surface area contributed by atoms with Crippen molar-refractivity contribution in [3.63, 3.8) is 0 Å². The topological polar surface area (TPSA) is 65.5 Å². The maximum Gasteiger partial charge on any atom is 0.237 e. The number of thiazole rings is 1. The zero-order chi connectivity index (χ0) is 16.4. The van der Waals surface area contributed by atoms with Crippen LogP contribution in [0.25, 0.3) is 10.4 Å². The lowest BCUT2D eigenvalue weighted by Gasteiger charge is -2.18. The Morgan fingerprint density at radius 1 is 1.52 bits per heavy atom. The minimum Gasteiger partial charge on any atom is -0.508 e. The van der Waals surface area contributed by atoms with Crippen molar-refractivity contribution in [3.8, 4) is 16.2 Å². The molecule has 1 aliphatic rings. The monoisotopic (exact) mass is 331 g/mol. The van der Waals surface area contributed by atoms with Crippen LogP contribution in [0.3, 0.4) is 0 Å². The van der Waals surface area contributed by atoms with Gasteiger partial charge < -0.3 is 10.4 Å². The maximum absolute atomic E-state index is 12.2. The summed E-state index contributed by atoms with van der Waals surface area (Å²) in [7, 11) is 1.97. The Hall–Kier alpha value is -1.92. The molecule has 122 valence electrons. The Labute approximate surface area is 140 Å². The number of phenols is 1. The third-order valence-electron chi connectivity index (χ3n) is 4.37. The molecule has 1 fully saturated rings. The molecule has 0 bridgehead atoms. The molecule has 1 saturated heterocycles. The molecule has 2 heterocycles. The van der Waals surface area contributed by atoms with E-state index in [2.05, 4.69) is 15.2 Å². The van der Waals surface area contributed by atoms with E-state index in [1.165, 1.54) is 0 Å². The average molecular weight is 331 g/mol. The number of likely N-dealkylation sites (tertiary alicyclic amines) is 1. The van der Waals surface area contributed by atoms with Gasteiger partial charge in [-0.1, -0.05) is 12.1 Å². The number of likely N-dealkylation sites (N-methyl/N-ethyl adjacent to an activating group) is 1. The van der Waals surface area contributed by atoms with E-state index in [0.717, 1.165) is 41.1 Å². The quantitative estimate of drug-likeness (QED) is 0.903. The summed E-state index contributed by atoms with van der Waals surface area (Å²) >= 11 is 1.56. The van der Waals surface area contributed by atoms with E-state index in [1.54, 1.807) is 22.9 Å². The first kappa shape index (κ1) is 16.0. The van der Waals surface area contributed by atoms with E-state index >= 15 is 0 Å². The second-order valence-corrected chi connectivity index (χ2v) is 6.82. The first-order chi connectivity index (χ1) is 11.1. The Kier molecular flexibility index (Phi) is 4.63. The van der Waals surface area contributed by atoms with Crippen molar-refractivity contribution in [2.45, 2.75) is 32.4 Å². The average Bonchev–Trinajstić information content (AvgIpc) is 3.14. The van der Waals surface area contributed by atoms with E-state index < -0.39 is 0 Å². The number of benzene rings is 1. The first-order valence-electron chi connectivity index (χ1n) is 7.76. The highest BCUT2D eigenvalue weighted by Crippen LogP contribution is 2.31. The standard InChI is InChI=1S/C17H21N3O2S/c1-11-16(23-10-19-11)12-5-6-13(15(21)8-12)9-18-17(22)14-4-3-7-20(14)2/h5-6,8,10,14,21H,3-4,7,9H2,1-2H3,(H,18,22). The van der Waals surface area contributed by atoms with Gasteiger partial charge in [0.15, 0.2) is 0 Å². The van der Waals surface area contributed by atoms with Crippen LogP contribution in [0.5, 0.6) is 5.75 Å². The normalized spacial score (nSPS) is 18.3. The largest absolute Gasteiger partial charge is 0.508 e. The van der Waals surface area contributed by atoms with Gasteiger partial charge in [0.1, 0.15) is 5.75 Å². The predicted octanol–water partition coefficient (Wildman–Crippen LogP) is 2.53. The van der Waals surface area contributed by atoms with Gasteiger partial charge >= 0.3 is 0 Å². The van der Waals surface area contributed by atoms with Gasteiger partial charge in [-0.05, 0) is 45.0 Å². The lowest BCUT2D eigenvalue weighted by molar-refractivity contribution is -0.125. The number of rotatable bonds is 4. The smallest absolute Gasteiger partial charge is 0.237 e. The molecule has 6 heteroatoms. The zero-order valence-corrected chi connectivity index (χ0v) is 14.2. The number of amides is 1. The van der Waals surface area contributed by atoms with Crippen LogP contribution in [-0.2, 0) is 11.3 Å². The van der Waals surface area contributed by atoms with Crippen molar-refractivity contribution < 1.29 is 9.90 Å². The number of nitrogens with one attached hydrogen (secondary N) is 1. The van der Waals surface area contributed by atoms with Gasteiger partial charge in [-0.3, -0.25) is 9.69 Å². The van der Waals surface area contributed by atoms with Crippen LogP contribution in [0.4, 0.5) is 0 Å². The molecule has 1 aromatic heterocycles. The number of aromatic nitrogens is 1. The van der Waals surface area contributed by atoms with E-state index in [-0.39, 0.29) is 17.7 Å². The predicted molar refractivity (Wildman–Crippen MR) is 91.5 cm³/mol. The van der Waals surface area contributed by atoms with Crippen molar-refractivity contribution in [1.82, 2.24) is 15.2 Å². The van der Waals surface area contributed by atoms with Crippen LogP contribution < -0.4 is 5.32 Å². The Morgan fingerprint density at radius 2 is 2.35 bits per heavy atom. The minimum absolute atomic E-state index is 0.0341. The van der Waals surface area contributed by atoms with Gasteiger partial charge in [0.05, 0.1) is 22.1 Å². The molecule has 5 nitrogen and oxygen atoms in total. The van der Waals surface area contributed by atoms with Crippen LogP contribution in [-0.4, -0.2) is 40.5 Å². The van der Waals surface area contributed by atoms with E-state index in [0.29, 0.717) is 6.54 Å². The van der Waals surface area contributed by atoms with Gasteiger partial charge in [-0.2, -0.15) is 0 Å². The fourth-order valence-corrected chi connectivity index (χ4v) is 3.78.